The molecular formula is C23H34ClN5. The van der Waals surface area contributed by atoms with Gasteiger partial charge in [0.25, 0.3) is 0 Å². The van der Waals surface area contributed by atoms with E-state index >= 15 is 0 Å². The van der Waals surface area contributed by atoms with E-state index in [-0.39, 0.29) is 0 Å². The minimum atomic E-state index is 0.757. The van der Waals surface area contributed by atoms with Gasteiger partial charge in [-0.1, -0.05) is 23.7 Å². The molecule has 0 aliphatic carbocycles. The van der Waals surface area contributed by atoms with Crippen LogP contribution in [0.3, 0.4) is 0 Å². The summed E-state index contributed by atoms with van der Waals surface area (Å²) in [5, 5.41) is 5.54. The fraction of sp³-hybridized carbons (Fsp3) is 0.609. The first-order valence-corrected chi connectivity index (χ1v) is 11.4. The van der Waals surface area contributed by atoms with Crippen LogP contribution >= 0.6 is 11.6 Å². The van der Waals surface area contributed by atoms with Crippen molar-refractivity contribution in [3.8, 4) is 5.69 Å². The first-order chi connectivity index (χ1) is 14.0. The Hall–Kier alpha value is -1.40. The van der Waals surface area contributed by atoms with Crippen LogP contribution in [-0.2, 0) is 6.54 Å². The van der Waals surface area contributed by atoms with E-state index in [0.29, 0.717) is 0 Å². The van der Waals surface area contributed by atoms with E-state index in [2.05, 4.69) is 53.7 Å². The van der Waals surface area contributed by atoms with Gasteiger partial charge in [-0.3, -0.25) is 9.80 Å². The van der Waals surface area contributed by atoms with Crippen molar-refractivity contribution in [3.63, 3.8) is 0 Å². The Labute approximate surface area is 180 Å². The Morgan fingerprint density at radius 3 is 2.17 bits per heavy atom. The molecule has 0 spiro atoms. The van der Waals surface area contributed by atoms with Gasteiger partial charge in [0.05, 0.1) is 11.4 Å². The third kappa shape index (κ3) is 4.85. The van der Waals surface area contributed by atoms with Crippen molar-refractivity contribution >= 4 is 11.6 Å². The van der Waals surface area contributed by atoms with Crippen LogP contribution in [0.2, 0.25) is 5.15 Å². The van der Waals surface area contributed by atoms with Gasteiger partial charge in [-0.15, -0.1) is 0 Å². The minimum Gasteiger partial charge on any atom is -0.302 e. The fourth-order valence-corrected chi connectivity index (χ4v) is 4.83. The van der Waals surface area contributed by atoms with E-state index in [9.17, 15) is 0 Å². The summed E-state index contributed by atoms with van der Waals surface area (Å²) in [4.78, 5) is 7.75. The van der Waals surface area contributed by atoms with Crippen LogP contribution in [0.4, 0.5) is 0 Å². The van der Waals surface area contributed by atoms with E-state index in [1.165, 1.54) is 50.1 Å². The SMILES string of the molecule is Cc1ccc(C)c(-n2nc(C)c(CN3CCN(CCN4CCCC4)CC3)c2Cl)c1. The topological polar surface area (TPSA) is 27.5 Å². The zero-order valence-corrected chi connectivity index (χ0v) is 18.9. The number of aromatic nitrogens is 2. The van der Waals surface area contributed by atoms with Crippen LogP contribution < -0.4 is 0 Å². The maximum Gasteiger partial charge on any atom is 0.137 e. The van der Waals surface area contributed by atoms with E-state index in [1.807, 2.05) is 4.68 Å². The number of halogens is 1. The lowest BCUT2D eigenvalue weighted by atomic mass is 10.1. The number of piperazine rings is 1. The molecule has 5 nitrogen and oxygen atoms in total. The molecule has 4 rings (SSSR count). The van der Waals surface area contributed by atoms with Crippen molar-refractivity contribution in [2.75, 3.05) is 52.4 Å². The zero-order valence-electron chi connectivity index (χ0n) is 18.1. The molecule has 0 unspecified atom stereocenters. The second kappa shape index (κ2) is 9.17. The van der Waals surface area contributed by atoms with Gasteiger partial charge in [-0.25, -0.2) is 4.68 Å². The van der Waals surface area contributed by atoms with Crippen LogP contribution in [0, 0.1) is 20.8 Å². The van der Waals surface area contributed by atoms with Gasteiger partial charge in [-0.2, -0.15) is 5.10 Å². The molecule has 1 aromatic carbocycles. The molecule has 2 aliphatic heterocycles. The molecule has 0 radical (unpaired) electrons. The zero-order chi connectivity index (χ0) is 20.4. The average Bonchev–Trinajstić information content (AvgIpc) is 3.33. The summed E-state index contributed by atoms with van der Waals surface area (Å²) in [7, 11) is 0. The van der Waals surface area contributed by atoms with Gasteiger partial charge in [0.1, 0.15) is 5.15 Å². The lowest BCUT2D eigenvalue weighted by molar-refractivity contribution is 0.117. The van der Waals surface area contributed by atoms with Crippen molar-refractivity contribution in [3.05, 3.63) is 45.7 Å². The van der Waals surface area contributed by atoms with Gasteiger partial charge in [0, 0.05) is 51.4 Å². The van der Waals surface area contributed by atoms with Crippen LogP contribution in [-0.4, -0.2) is 76.8 Å². The molecule has 2 aliphatic rings. The third-order valence-electron chi connectivity index (χ3n) is 6.49. The Bertz CT molecular complexity index is 832. The van der Waals surface area contributed by atoms with E-state index in [0.717, 1.165) is 54.8 Å². The van der Waals surface area contributed by atoms with Crippen LogP contribution in [0.1, 0.15) is 35.2 Å². The van der Waals surface area contributed by atoms with Crippen molar-refractivity contribution in [1.29, 1.82) is 0 Å². The average molecular weight is 416 g/mol. The van der Waals surface area contributed by atoms with E-state index in [1.54, 1.807) is 0 Å². The molecule has 0 bridgehead atoms. The summed E-state index contributed by atoms with van der Waals surface area (Å²) >= 11 is 6.82. The highest BCUT2D eigenvalue weighted by atomic mass is 35.5. The molecule has 2 fully saturated rings. The molecule has 2 aromatic rings. The highest BCUT2D eigenvalue weighted by molar-refractivity contribution is 6.30. The quantitative estimate of drug-likeness (QED) is 0.719. The molecule has 3 heterocycles. The van der Waals surface area contributed by atoms with Gasteiger partial charge < -0.3 is 4.90 Å². The highest BCUT2D eigenvalue weighted by Gasteiger charge is 2.22. The smallest absolute Gasteiger partial charge is 0.137 e. The lowest BCUT2D eigenvalue weighted by Crippen LogP contribution is -2.47. The first kappa shape index (κ1) is 20.9. The molecule has 158 valence electrons. The minimum absolute atomic E-state index is 0.757. The molecule has 2 saturated heterocycles. The van der Waals surface area contributed by atoms with Crippen molar-refractivity contribution in [2.45, 2.75) is 40.2 Å². The Morgan fingerprint density at radius 1 is 0.862 bits per heavy atom. The summed E-state index contributed by atoms with van der Waals surface area (Å²) in [6, 6.07) is 6.43. The van der Waals surface area contributed by atoms with Crippen LogP contribution in [0.25, 0.3) is 5.69 Å². The standard InChI is InChI=1S/C23H34ClN5/c1-18-6-7-19(2)22(16-18)29-23(24)21(20(3)25-29)17-28-14-12-27(13-15-28)11-10-26-8-4-5-9-26/h6-7,16H,4-5,8-15,17H2,1-3H3. The monoisotopic (exact) mass is 415 g/mol. The predicted molar refractivity (Wildman–Crippen MR) is 120 cm³/mol. The fourth-order valence-electron chi connectivity index (χ4n) is 4.50. The molecular weight excluding hydrogens is 382 g/mol. The number of rotatable bonds is 6. The summed E-state index contributed by atoms with van der Waals surface area (Å²) in [6.07, 6.45) is 2.76. The van der Waals surface area contributed by atoms with Gasteiger partial charge in [0.15, 0.2) is 0 Å². The molecule has 0 amide bonds. The summed E-state index contributed by atoms with van der Waals surface area (Å²) < 4.78 is 1.92. The number of nitrogens with zero attached hydrogens (tertiary/aromatic N) is 5. The van der Waals surface area contributed by atoms with Crippen molar-refractivity contribution < 1.29 is 0 Å². The molecule has 1 aromatic heterocycles. The molecule has 0 saturated carbocycles. The van der Waals surface area contributed by atoms with Gasteiger partial charge >= 0.3 is 0 Å². The van der Waals surface area contributed by atoms with Gasteiger partial charge in [0.2, 0.25) is 0 Å². The number of hydrogen-bond donors (Lipinski definition) is 0. The Kier molecular flexibility index (Phi) is 6.60. The molecule has 29 heavy (non-hydrogen) atoms. The normalized spacial score (nSPS) is 19.3. The van der Waals surface area contributed by atoms with Crippen molar-refractivity contribution in [2.24, 2.45) is 0 Å². The first-order valence-electron chi connectivity index (χ1n) is 11.0. The maximum atomic E-state index is 6.82. The second-order valence-electron chi connectivity index (χ2n) is 8.72. The maximum absolute atomic E-state index is 6.82. The summed E-state index contributed by atoms with van der Waals surface area (Å²) in [5.74, 6) is 0. The molecule has 6 heteroatoms. The number of benzene rings is 1. The lowest BCUT2D eigenvalue weighted by Gasteiger charge is -2.35. The summed E-state index contributed by atoms with van der Waals surface area (Å²) in [5.41, 5.74) is 5.70. The Balaban J connectivity index is 1.36. The van der Waals surface area contributed by atoms with E-state index in [4.69, 9.17) is 16.7 Å². The van der Waals surface area contributed by atoms with Gasteiger partial charge in [-0.05, 0) is 63.9 Å². The second-order valence-corrected chi connectivity index (χ2v) is 9.08. The van der Waals surface area contributed by atoms with E-state index < -0.39 is 0 Å². The predicted octanol–water partition coefficient (Wildman–Crippen LogP) is 3.66. The van der Waals surface area contributed by atoms with Crippen molar-refractivity contribution in [1.82, 2.24) is 24.5 Å². The molecule has 0 atom stereocenters. The highest BCUT2D eigenvalue weighted by Crippen LogP contribution is 2.27. The largest absolute Gasteiger partial charge is 0.302 e. The number of likely N-dealkylation sites (tertiary alicyclic amines) is 1. The Morgan fingerprint density at radius 2 is 1.48 bits per heavy atom. The van der Waals surface area contributed by atoms with Crippen LogP contribution in [0.5, 0.6) is 0 Å². The number of hydrogen-bond acceptors (Lipinski definition) is 4. The summed E-state index contributed by atoms with van der Waals surface area (Å²) in [6.45, 7) is 16.7. The number of aryl methyl sites for hydroxylation is 3. The third-order valence-corrected chi connectivity index (χ3v) is 6.88. The molecule has 0 N–H and O–H groups in total. The van der Waals surface area contributed by atoms with Crippen LogP contribution in [0.15, 0.2) is 18.2 Å².